The van der Waals surface area contributed by atoms with Gasteiger partial charge in [-0.3, -0.25) is 24.1 Å². The molecule has 7 N–H and O–H groups in total. The lowest BCUT2D eigenvalue weighted by Gasteiger charge is -2.50. The van der Waals surface area contributed by atoms with E-state index in [1.807, 2.05) is 11.0 Å². The first-order valence-corrected chi connectivity index (χ1v) is 13.6. The number of anilines is 1. The monoisotopic (exact) mass is 571 g/mol. The van der Waals surface area contributed by atoms with Gasteiger partial charge in [0.25, 0.3) is 5.91 Å². The minimum Gasteiger partial charge on any atom is -0.508 e. The summed E-state index contributed by atoms with van der Waals surface area (Å²) >= 11 is 0. The SMILES string of the molecule is CN(C)c1cc(CCCCCC(=O)O)c(O)c2c1C[C@H]1C[C@H]3[C@H](N(C)C)C(=O)C(C(N)=O)=C(O)[C@@]3(O)C(=O)C1=C2O. The second-order valence-corrected chi connectivity index (χ2v) is 11.6. The first-order valence-electron chi connectivity index (χ1n) is 13.6. The second-order valence-electron chi connectivity index (χ2n) is 11.6. The number of rotatable bonds is 9. The van der Waals surface area contributed by atoms with Crippen LogP contribution in [-0.4, -0.2) is 93.7 Å². The highest BCUT2D eigenvalue weighted by Gasteiger charge is 2.64. The van der Waals surface area contributed by atoms with Gasteiger partial charge in [-0.1, -0.05) is 6.42 Å². The van der Waals surface area contributed by atoms with E-state index in [0.29, 0.717) is 42.5 Å². The molecule has 0 radical (unpaired) electrons. The average Bonchev–Trinajstić information content (AvgIpc) is 2.86. The number of nitrogens with two attached hydrogens (primary N) is 1. The Morgan fingerprint density at radius 3 is 2.29 bits per heavy atom. The van der Waals surface area contributed by atoms with Gasteiger partial charge in [-0.2, -0.15) is 0 Å². The maximum absolute atomic E-state index is 14.0. The van der Waals surface area contributed by atoms with Crippen molar-refractivity contribution in [3.05, 3.63) is 39.7 Å². The molecule has 1 fully saturated rings. The van der Waals surface area contributed by atoms with Crippen LogP contribution in [0.15, 0.2) is 23.0 Å². The van der Waals surface area contributed by atoms with E-state index in [2.05, 4.69) is 0 Å². The Balaban J connectivity index is 1.85. The molecule has 1 amide bonds. The van der Waals surface area contributed by atoms with Gasteiger partial charge in [-0.05, 0) is 69.3 Å². The number of carboxylic acids is 1. The number of Topliss-reactive ketones (excluding diaryl/α,β-unsaturated/α-hetero) is 2. The molecule has 41 heavy (non-hydrogen) atoms. The number of likely N-dealkylation sites (N-methyl/N-ethyl adjacent to an activating group) is 1. The minimum atomic E-state index is -2.69. The van der Waals surface area contributed by atoms with E-state index >= 15 is 0 Å². The molecule has 4 rings (SSSR count). The molecule has 0 saturated heterocycles. The Bertz CT molecular complexity index is 1390. The number of aryl methyl sites for hydroxylation is 1. The van der Waals surface area contributed by atoms with Crippen LogP contribution in [0.2, 0.25) is 0 Å². The molecule has 3 aliphatic carbocycles. The van der Waals surface area contributed by atoms with Gasteiger partial charge in [0.05, 0.1) is 11.6 Å². The molecule has 0 aromatic heterocycles. The smallest absolute Gasteiger partial charge is 0.303 e. The number of hydrogen-bond acceptors (Lipinski definition) is 10. The van der Waals surface area contributed by atoms with Gasteiger partial charge < -0.3 is 36.2 Å². The number of hydrogen-bond donors (Lipinski definition) is 6. The summed E-state index contributed by atoms with van der Waals surface area (Å²) in [6.07, 6.45) is 2.33. The van der Waals surface area contributed by atoms with Gasteiger partial charge in [0.1, 0.15) is 22.8 Å². The summed E-state index contributed by atoms with van der Waals surface area (Å²) in [7, 11) is 6.72. The van der Waals surface area contributed by atoms with Crippen molar-refractivity contribution in [1.82, 2.24) is 4.90 Å². The largest absolute Gasteiger partial charge is 0.508 e. The van der Waals surface area contributed by atoms with Crippen LogP contribution in [-0.2, 0) is 32.0 Å². The third-order valence-electron chi connectivity index (χ3n) is 8.59. The van der Waals surface area contributed by atoms with Crippen LogP contribution in [0.1, 0.15) is 48.8 Å². The fraction of sp³-hybridized carbons (Fsp3) is 0.517. The molecule has 12 heteroatoms. The van der Waals surface area contributed by atoms with Crippen LogP contribution in [0.5, 0.6) is 5.75 Å². The topological polar surface area (TPSA) is 202 Å². The summed E-state index contributed by atoms with van der Waals surface area (Å²) < 4.78 is 0. The third kappa shape index (κ3) is 4.74. The number of amides is 1. The van der Waals surface area contributed by atoms with E-state index in [1.165, 1.54) is 4.90 Å². The highest BCUT2D eigenvalue weighted by Crippen LogP contribution is 2.54. The van der Waals surface area contributed by atoms with Crippen molar-refractivity contribution >= 4 is 34.9 Å². The number of carbonyl (C=O) groups is 4. The van der Waals surface area contributed by atoms with Gasteiger partial charge in [-0.15, -0.1) is 0 Å². The number of unbranched alkanes of at least 4 members (excludes halogenated alkanes) is 2. The first kappa shape index (κ1) is 30.1. The number of ketones is 2. The number of benzene rings is 1. The Morgan fingerprint density at radius 1 is 1.07 bits per heavy atom. The van der Waals surface area contributed by atoms with Crippen LogP contribution < -0.4 is 10.6 Å². The number of fused-ring (bicyclic) bond motifs is 3. The molecule has 4 atom stereocenters. The minimum absolute atomic E-state index is 0.0186. The van der Waals surface area contributed by atoms with Crippen LogP contribution >= 0.6 is 0 Å². The molecular formula is C29H37N3O9. The zero-order valence-corrected chi connectivity index (χ0v) is 23.6. The van der Waals surface area contributed by atoms with Crippen molar-refractivity contribution in [2.45, 2.75) is 56.6 Å². The number of phenolic OH excluding ortho intramolecular Hbond substituents is 1. The van der Waals surface area contributed by atoms with Crippen molar-refractivity contribution in [3.63, 3.8) is 0 Å². The predicted molar refractivity (Wildman–Crippen MR) is 148 cm³/mol. The van der Waals surface area contributed by atoms with E-state index in [0.717, 1.165) is 0 Å². The molecule has 3 aliphatic rings. The number of aromatic hydroxyl groups is 1. The highest BCUT2D eigenvalue weighted by molar-refractivity contribution is 6.24. The summed E-state index contributed by atoms with van der Waals surface area (Å²) in [4.78, 5) is 53.5. The maximum atomic E-state index is 14.0. The normalized spacial score (nSPS) is 25.7. The summed E-state index contributed by atoms with van der Waals surface area (Å²) in [6, 6.07) is 0.670. The van der Waals surface area contributed by atoms with Crippen LogP contribution in [0.3, 0.4) is 0 Å². The lowest BCUT2D eigenvalue weighted by atomic mass is 9.57. The van der Waals surface area contributed by atoms with Crippen molar-refractivity contribution < 1.29 is 44.7 Å². The molecule has 1 aromatic carbocycles. The number of aliphatic carboxylic acids is 1. The van der Waals surface area contributed by atoms with E-state index in [-0.39, 0.29) is 36.1 Å². The van der Waals surface area contributed by atoms with Gasteiger partial charge in [0.15, 0.2) is 11.4 Å². The number of aliphatic hydroxyl groups excluding tert-OH is 2. The number of phenols is 1. The number of nitrogens with zero attached hydrogens (tertiary/aromatic N) is 2. The number of aliphatic hydroxyl groups is 3. The number of primary amides is 1. The quantitative estimate of drug-likeness (QED) is 0.184. The Morgan fingerprint density at radius 2 is 1.73 bits per heavy atom. The Kier molecular flexibility index (Phi) is 7.94. The van der Waals surface area contributed by atoms with E-state index in [9.17, 15) is 39.6 Å². The Labute approximate surface area is 237 Å². The third-order valence-corrected chi connectivity index (χ3v) is 8.59. The molecule has 0 aliphatic heterocycles. The summed E-state index contributed by atoms with van der Waals surface area (Å²) in [5, 5.41) is 54.4. The molecule has 0 heterocycles. The van der Waals surface area contributed by atoms with Gasteiger partial charge in [0.2, 0.25) is 5.78 Å². The zero-order valence-electron chi connectivity index (χ0n) is 23.6. The van der Waals surface area contributed by atoms with E-state index < -0.39 is 64.0 Å². The average molecular weight is 572 g/mol. The molecule has 1 aromatic rings. The van der Waals surface area contributed by atoms with Gasteiger partial charge >= 0.3 is 5.97 Å². The van der Waals surface area contributed by atoms with Gasteiger partial charge in [-0.25, -0.2) is 0 Å². The fourth-order valence-corrected chi connectivity index (χ4v) is 6.70. The summed E-state index contributed by atoms with van der Waals surface area (Å²) in [5.74, 6) is -7.69. The highest BCUT2D eigenvalue weighted by atomic mass is 16.4. The molecule has 222 valence electrons. The van der Waals surface area contributed by atoms with Crippen molar-refractivity contribution in [1.29, 1.82) is 0 Å². The molecular weight excluding hydrogens is 534 g/mol. The van der Waals surface area contributed by atoms with E-state index in [1.54, 1.807) is 28.2 Å². The molecule has 12 nitrogen and oxygen atoms in total. The van der Waals surface area contributed by atoms with Crippen LogP contribution in [0, 0.1) is 11.8 Å². The van der Waals surface area contributed by atoms with Gasteiger partial charge in [0, 0.05) is 37.7 Å². The lowest BCUT2D eigenvalue weighted by molar-refractivity contribution is -0.153. The van der Waals surface area contributed by atoms with E-state index in [4.69, 9.17) is 10.8 Å². The van der Waals surface area contributed by atoms with Crippen LogP contribution in [0.4, 0.5) is 5.69 Å². The molecule has 1 saturated carbocycles. The zero-order chi connectivity index (χ0) is 30.5. The molecule has 0 spiro atoms. The number of carboxylic acid groups (broad SMARTS) is 1. The summed E-state index contributed by atoms with van der Waals surface area (Å²) in [5.41, 5.74) is 3.48. The second kappa shape index (κ2) is 10.8. The first-order chi connectivity index (χ1) is 19.1. The number of carbonyl (C=O) groups excluding carboxylic acids is 3. The van der Waals surface area contributed by atoms with Crippen molar-refractivity contribution in [2.75, 3.05) is 33.1 Å². The van der Waals surface area contributed by atoms with Crippen LogP contribution in [0.25, 0.3) is 5.76 Å². The summed E-state index contributed by atoms with van der Waals surface area (Å²) in [6.45, 7) is 0. The van der Waals surface area contributed by atoms with Crippen molar-refractivity contribution in [2.24, 2.45) is 17.6 Å². The maximum Gasteiger partial charge on any atom is 0.303 e. The fourth-order valence-electron chi connectivity index (χ4n) is 6.70. The standard InChI is InChI=1S/C29H37N3O9/c1-31(2)17-12-13(8-6-5-7-9-18(33)34)23(35)20-15(17)10-14-11-16-22(32(3)4)25(37)21(28(30)40)27(39)29(16,41)26(38)19(14)24(20)36/h12,14,16,22,35-36,39,41H,5-11H2,1-4H3,(H2,30,40)(H,33,34)/t14-,16-,22-,29-/m0/s1. The molecule has 0 bridgehead atoms. The Hall–Kier alpha value is -3.90. The lowest BCUT2D eigenvalue weighted by Crippen LogP contribution is -2.65. The predicted octanol–water partition coefficient (Wildman–Crippen LogP) is 1.22. The molecule has 0 unspecified atom stereocenters. The van der Waals surface area contributed by atoms with Crippen molar-refractivity contribution in [3.8, 4) is 5.75 Å².